The minimum absolute atomic E-state index is 0.00892. The van der Waals surface area contributed by atoms with Crippen molar-refractivity contribution in [2.45, 2.75) is 25.2 Å². The summed E-state index contributed by atoms with van der Waals surface area (Å²) in [6.45, 7) is 1.29. The molecule has 0 bridgehead atoms. The SMILES string of the molecule is CC(=O)N1CC2C(NC(=O)c3ccc(O)cc3)C(=O)N2C1C(=O)O. The lowest BCUT2D eigenvalue weighted by Gasteiger charge is -2.43. The third-order valence-electron chi connectivity index (χ3n) is 4.25. The molecule has 2 aliphatic rings. The summed E-state index contributed by atoms with van der Waals surface area (Å²) >= 11 is 0. The van der Waals surface area contributed by atoms with E-state index in [9.17, 15) is 29.4 Å². The van der Waals surface area contributed by atoms with Crippen molar-refractivity contribution < 1.29 is 29.4 Å². The minimum atomic E-state index is -1.33. The molecule has 0 spiro atoms. The Morgan fingerprint density at radius 3 is 2.38 bits per heavy atom. The van der Waals surface area contributed by atoms with Crippen molar-refractivity contribution in [2.75, 3.05) is 6.54 Å². The van der Waals surface area contributed by atoms with E-state index in [1.165, 1.54) is 31.2 Å². The normalized spacial score (nSPS) is 25.0. The van der Waals surface area contributed by atoms with Gasteiger partial charge < -0.3 is 25.3 Å². The first-order valence-corrected chi connectivity index (χ1v) is 7.23. The molecule has 3 rings (SSSR count). The monoisotopic (exact) mass is 333 g/mol. The number of aromatic hydroxyl groups is 1. The lowest BCUT2D eigenvalue weighted by atomic mass is 9.96. The van der Waals surface area contributed by atoms with E-state index in [2.05, 4.69) is 5.32 Å². The Bertz CT molecular complexity index is 731. The molecule has 126 valence electrons. The van der Waals surface area contributed by atoms with Crippen LogP contribution in [0.2, 0.25) is 0 Å². The molecular formula is C15H15N3O6. The van der Waals surface area contributed by atoms with Gasteiger partial charge in [0.25, 0.3) is 5.91 Å². The third kappa shape index (κ3) is 2.34. The van der Waals surface area contributed by atoms with Gasteiger partial charge >= 0.3 is 5.97 Å². The molecule has 2 heterocycles. The van der Waals surface area contributed by atoms with Gasteiger partial charge in [-0.3, -0.25) is 14.4 Å². The summed E-state index contributed by atoms with van der Waals surface area (Å²) in [4.78, 5) is 49.5. The smallest absolute Gasteiger partial charge is 0.347 e. The summed E-state index contributed by atoms with van der Waals surface area (Å²) in [5, 5.41) is 21.0. The number of nitrogens with zero attached hydrogens (tertiary/aromatic N) is 2. The highest BCUT2D eigenvalue weighted by Gasteiger charge is 2.60. The van der Waals surface area contributed by atoms with Crippen LogP contribution in [0.4, 0.5) is 0 Å². The fourth-order valence-corrected chi connectivity index (χ4v) is 3.06. The maximum absolute atomic E-state index is 12.2. The molecule has 0 aromatic heterocycles. The van der Waals surface area contributed by atoms with Gasteiger partial charge in [-0.2, -0.15) is 0 Å². The van der Waals surface area contributed by atoms with Gasteiger partial charge in [0.15, 0.2) is 0 Å². The molecule has 1 aromatic rings. The van der Waals surface area contributed by atoms with Crippen LogP contribution in [0.3, 0.4) is 0 Å². The van der Waals surface area contributed by atoms with Crippen LogP contribution in [0.1, 0.15) is 17.3 Å². The average Bonchev–Trinajstić information content (AvgIpc) is 2.89. The topological polar surface area (TPSA) is 127 Å². The van der Waals surface area contributed by atoms with E-state index in [4.69, 9.17) is 0 Å². The number of nitrogens with one attached hydrogen (secondary N) is 1. The van der Waals surface area contributed by atoms with Gasteiger partial charge in [0.05, 0.1) is 6.04 Å². The summed E-state index contributed by atoms with van der Waals surface area (Å²) in [7, 11) is 0. The minimum Gasteiger partial charge on any atom is -0.508 e. The molecule has 3 atom stereocenters. The van der Waals surface area contributed by atoms with E-state index in [0.29, 0.717) is 0 Å². The first-order valence-electron chi connectivity index (χ1n) is 7.23. The number of amides is 3. The second-order valence-electron chi connectivity index (χ2n) is 5.69. The van der Waals surface area contributed by atoms with Crippen LogP contribution in [0.25, 0.3) is 0 Å². The lowest BCUT2D eigenvalue weighted by Crippen LogP contribution is -2.71. The Balaban J connectivity index is 1.75. The van der Waals surface area contributed by atoms with Gasteiger partial charge in [-0.25, -0.2) is 4.79 Å². The van der Waals surface area contributed by atoms with E-state index >= 15 is 0 Å². The fourth-order valence-electron chi connectivity index (χ4n) is 3.06. The first kappa shape index (κ1) is 15.8. The van der Waals surface area contributed by atoms with Crippen LogP contribution in [0.5, 0.6) is 5.75 Å². The van der Waals surface area contributed by atoms with Crippen LogP contribution in [0.15, 0.2) is 24.3 Å². The number of carbonyl (C=O) groups excluding carboxylic acids is 3. The van der Waals surface area contributed by atoms with Crippen molar-refractivity contribution in [2.24, 2.45) is 0 Å². The average molecular weight is 333 g/mol. The molecule has 9 nitrogen and oxygen atoms in total. The number of hydrogen-bond acceptors (Lipinski definition) is 5. The van der Waals surface area contributed by atoms with Gasteiger partial charge in [-0.15, -0.1) is 0 Å². The second kappa shape index (κ2) is 5.52. The molecule has 3 N–H and O–H groups in total. The molecule has 0 saturated carbocycles. The molecule has 1 aromatic carbocycles. The largest absolute Gasteiger partial charge is 0.508 e. The number of phenols is 1. The number of carbonyl (C=O) groups is 4. The van der Waals surface area contributed by atoms with Crippen molar-refractivity contribution in [3.8, 4) is 5.75 Å². The van der Waals surface area contributed by atoms with Crippen LogP contribution in [-0.2, 0) is 14.4 Å². The Morgan fingerprint density at radius 1 is 1.21 bits per heavy atom. The Morgan fingerprint density at radius 2 is 1.83 bits per heavy atom. The number of β-lactam (4-membered cyclic amide) rings is 1. The van der Waals surface area contributed by atoms with E-state index in [-0.39, 0.29) is 17.9 Å². The highest BCUT2D eigenvalue weighted by Crippen LogP contribution is 2.32. The molecule has 2 saturated heterocycles. The van der Waals surface area contributed by atoms with Crippen LogP contribution >= 0.6 is 0 Å². The molecule has 2 fully saturated rings. The summed E-state index contributed by atoms with van der Waals surface area (Å²) < 4.78 is 0. The number of rotatable bonds is 3. The third-order valence-corrected chi connectivity index (χ3v) is 4.25. The number of carboxylic acids is 1. The molecule has 9 heteroatoms. The summed E-state index contributed by atoms with van der Waals surface area (Å²) in [6, 6.07) is 4.06. The predicted octanol–water partition coefficient (Wildman–Crippen LogP) is -1.03. The maximum atomic E-state index is 12.2. The van der Waals surface area contributed by atoms with Gasteiger partial charge in [-0.1, -0.05) is 0 Å². The van der Waals surface area contributed by atoms with Gasteiger partial charge in [0, 0.05) is 19.0 Å². The number of hydrogen-bond donors (Lipinski definition) is 3. The van der Waals surface area contributed by atoms with Crippen molar-refractivity contribution >= 4 is 23.7 Å². The van der Waals surface area contributed by atoms with Gasteiger partial charge in [-0.05, 0) is 24.3 Å². The predicted molar refractivity (Wildman–Crippen MR) is 78.8 cm³/mol. The Labute approximate surface area is 136 Å². The number of phenolic OH excluding ortho intramolecular Hbond substituents is 1. The highest BCUT2D eigenvalue weighted by molar-refractivity contribution is 6.02. The number of benzene rings is 1. The van der Waals surface area contributed by atoms with Gasteiger partial charge in [0.1, 0.15) is 11.8 Å². The molecule has 3 amide bonds. The maximum Gasteiger partial charge on any atom is 0.347 e. The van der Waals surface area contributed by atoms with Gasteiger partial charge in [0.2, 0.25) is 18.0 Å². The number of aliphatic carboxylic acids is 1. The molecule has 2 aliphatic heterocycles. The summed E-state index contributed by atoms with van der Waals surface area (Å²) in [5.41, 5.74) is 0.259. The zero-order chi connectivity index (χ0) is 17.6. The van der Waals surface area contributed by atoms with E-state index in [1.807, 2.05) is 0 Å². The summed E-state index contributed by atoms with van der Waals surface area (Å²) in [6.07, 6.45) is -1.33. The molecular weight excluding hydrogens is 318 g/mol. The molecule has 24 heavy (non-hydrogen) atoms. The highest BCUT2D eigenvalue weighted by atomic mass is 16.4. The Hall–Kier alpha value is -3.10. The van der Waals surface area contributed by atoms with Crippen LogP contribution < -0.4 is 5.32 Å². The summed E-state index contributed by atoms with van der Waals surface area (Å²) in [5.74, 6) is -2.78. The van der Waals surface area contributed by atoms with Crippen molar-refractivity contribution in [3.63, 3.8) is 0 Å². The zero-order valence-corrected chi connectivity index (χ0v) is 12.7. The lowest BCUT2D eigenvalue weighted by molar-refractivity contribution is -0.164. The Kier molecular flexibility index (Phi) is 3.63. The quantitative estimate of drug-likeness (QED) is 0.607. The zero-order valence-electron chi connectivity index (χ0n) is 12.7. The van der Waals surface area contributed by atoms with Crippen molar-refractivity contribution in [3.05, 3.63) is 29.8 Å². The van der Waals surface area contributed by atoms with Crippen molar-refractivity contribution in [1.29, 1.82) is 0 Å². The van der Waals surface area contributed by atoms with E-state index in [0.717, 1.165) is 9.80 Å². The number of fused-ring (bicyclic) bond motifs is 1. The van der Waals surface area contributed by atoms with Crippen molar-refractivity contribution in [1.82, 2.24) is 15.1 Å². The number of carboxylic acid groups (broad SMARTS) is 1. The second-order valence-corrected chi connectivity index (χ2v) is 5.69. The molecule has 0 aliphatic carbocycles. The molecule has 0 radical (unpaired) electrons. The van der Waals surface area contributed by atoms with E-state index < -0.39 is 41.9 Å². The first-order chi connectivity index (χ1) is 11.3. The van der Waals surface area contributed by atoms with Crippen LogP contribution in [-0.4, -0.2) is 68.5 Å². The van der Waals surface area contributed by atoms with E-state index in [1.54, 1.807) is 0 Å². The standard InChI is InChI=1S/C15H15N3O6/c1-7(19)17-6-10-11(14(22)18(10)13(17)15(23)24)16-12(21)8-2-4-9(20)5-3-8/h2-5,10-11,13,20H,6H2,1H3,(H,16,21)(H,23,24). The fraction of sp³-hybridized carbons (Fsp3) is 0.333. The van der Waals surface area contributed by atoms with Crippen LogP contribution in [0, 0.1) is 0 Å². The molecule has 3 unspecified atom stereocenters.